The Morgan fingerprint density at radius 3 is 2.59 bits per heavy atom. The summed E-state index contributed by atoms with van der Waals surface area (Å²) in [5.41, 5.74) is 4.05. The Kier molecular flexibility index (Phi) is 6.23. The van der Waals surface area contributed by atoms with Gasteiger partial charge in [-0.3, -0.25) is 4.79 Å². The molecule has 0 N–H and O–H groups in total. The van der Waals surface area contributed by atoms with Crippen LogP contribution in [0.25, 0.3) is 11.4 Å². The van der Waals surface area contributed by atoms with Gasteiger partial charge in [0.25, 0.3) is 5.91 Å². The lowest BCUT2D eigenvalue weighted by molar-refractivity contribution is -0.137. The van der Waals surface area contributed by atoms with Crippen molar-refractivity contribution in [3.05, 3.63) is 64.0 Å². The molecular formula is C22H24ClN3O3. The Balaban J connectivity index is 1.65. The molecule has 3 rings (SSSR count). The Labute approximate surface area is 175 Å². The van der Waals surface area contributed by atoms with Crippen LogP contribution in [0.4, 0.5) is 0 Å². The van der Waals surface area contributed by atoms with Crippen molar-refractivity contribution >= 4 is 17.5 Å². The Hall–Kier alpha value is -2.86. The largest absolute Gasteiger partial charge is 0.481 e. The number of ether oxygens (including phenoxy) is 1. The molecule has 1 atom stereocenters. The maximum Gasteiger partial charge on any atom is 0.263 e. The number of halogens is 1. The molecular weight excluding hydrogens is 390 g/mol. The van der Waals surface area contributed by atoms with Crippen molar-refractivity contribution in [1.82, 2.24) is 15.0 Å². The van der Waals surface area contributed by atoms with E-state index in [1.807, 2.05) is 39.0 Å². The molecule has 2 aromatic carbocycles. The highest BCUT2D eigenvalue weighted by Crippen LogP contribution is 2.25. The smallest absolute Gasteiger partial charge is 0.263 e. The van der Waals surface area contributed by atoms with E-state index in [9.17, 15) is 4.79 Å². The lowest BCUT2D eigenvalue weighted by atomic mass is 10.1. The summed E-state index contributed by atoms with van der Waals surface area (Å²) in [6, 6.07) is 11.2. The van der Waals surface area contributed by atoms with E-state index in [1.165, 1.54) is 4.90 Å². The minimum atomic E-state index is -0.640. The van der Waals surface area contributed by atoms with Crippen LogP contribution >= 0.6 is 11.6 Å². The standard InChI is InChI=1S/C22H24ClN3O3/c1-13-10-14(2)15(3)19(11-13)28-16(4)22(27)26(5)12-20-24-21(25-29-20)17-6-8-18(23)9-7-17/h6-11,16H,12H2,1-5H3. The second kappa shape index (κ2) is 8.66. The van der Waals surface area contributed by atoms with Crippen LogP contribution in [0.5, 0.6) is 5.75 Å². The molecule has 0 radical (unpaired) electrons. The number of hydrogen-bond donors (Lipinski definition) is 0. The predicted octanol–water partition coefficient (Wildman–Crippen LogP) is 4.74. The lowest BCUT2D eigenvalue weighted by Gasteiger charge is -2.22. The first-order chi connectivity index (χ1) is 13.7. The van der Waals surface area contributed by atoms with Crippen LogP contribution in [0, 0.1) is 20.8 Å². The zero-order valence-corrected chi connectivity index (χ0v) is 17.9. The lowest BCUT2D eigenvalue weighted by Crippen LogP contribution is -2.37. The van der Waals surface area contributed by atoms with E-state index >= 15 is 0 Å². The summed E-state index contributed by atoms with van der Waals surface area (Å²) in [7, 11) is 1.68. The van der Waals surface area contributed by atoms with Crippen molar-refractivity contribution < 1.29 is 14.1 Å². The predicted molar refractivity (Wildman–Crippen MR) is 112 cm³/mol. The Morgan fingerprint density at radius 1 is 1.21 bits per heavy atom. The number of rotatable bonds is 6. The first-order valence-electron chi connectivity index (χ1n) is 9.32. The molecule has 1 heterocycles. The fourth-order valence-corrected chi connectivity index (χ4v) is 3.12. The number of amides is 1. The van der Waals surface area contributed by atoms with E-state index in [1.54, 1.807) is 26.1 Å². The van der Waals surface area contributed by atoms with E-state index in [2.05, 4.69) is 16.2 Å². The normalized spacial score (nSPS) is 11.9. The van der Waals surface area contributed by atoms with E-state index in [4.69, 9.17) is 20.9 Å². The summed E-state index contributed by atoms with van der Waals surface area (Å²) in [5, 5.41) is 4.61. The van der Waals surface area contributed by atoms with Gasteiger partial charge < -0.3 is 14.2 Å². The van der Waals surface area contributed by atoms with Crippen LogP contribution in [0.15, 0.2) is 40.9 Å². The summed E-state index contributed by atoms with van der Waals surface area (Å²) in [5.74, 6) is 1.35. The molecule has 0 saturated heterocycles. The van der Waals surface area contributed by atoms with Gasteiger partial charge in [0.2, 0.25) is 11.7 Å². The highest BCUT2D eigenvalue weighted by molar-refractivity contribution is 6.30. The molecule has 0 saturated carbocycles. The zero-order valence-electron chi connectivity index (χ0n) is 17.2. The first kappa shape index (κ1) is 20.9. The van der Waals surface area contributed by atoms with Gasteiger partial charge in [-0.05, 0) is 74.7 Å². The number of likely N-dealkylation sites (N-methyl/N-ethyl adjacent to an activating group) is 1. The number of carbonyl (C=O) groups excluding carboxylic acids is 1. The van der Waals surface area contributed by atoms with Gasteiger partial charge in [0.15, 0.2) is 6.10 Å². The van der Waals surface area contributed by atoms with E-state index in [-0.39, 0.29) is 12.5 Å². The number of benzene rings is 2. The van der Waals surface area contributed by atoms with Gasteiger partial charge in [0.05, 0.1) is 6.54 Å². The minimum Gasteiger partial charge on any atom is -0.481 e. The van der Waals surface area contributed by atoms with Gasteiger partial charge in [-0.1, -0.05) is 22.8 Å². The van der Waals surface area contributed by atoms with Crippen LogP contribution in [-0.4, -0.2) is 34.1 Å². The van der Waals surface area contributed by atoms with Gasteiger partial charge in [0, 0.05) is 17.6 Å². The van der Waals surface area contributed by atoms with E-state index in [0.29, 0.717) is 16.7 Å². The van der Waals surface area contributed by atoms with Crippen molar-refractivity contribution in [2.24, 2.45) is 0 Å². The number of carbonyl (C=O) groups is 1. The molecule has 0 aliphatic carbocycles. The third-order valence-electron chi connectivity index (χ3n) is 4.73. The quantitative estimate of drug-likeness (QED) is 0.583. The van der Waals surface area contributed by atoms with Crippen LogP contribution < -0.4 is 4.74 Å². The van der Waals surface area contributed by atoms with Gasteiger partial charge in [-0.15, -0.1) is 0 Å². The second-order valence-corrected chi connectivity index (χ2v) is 7.61. The molecule has 7 heteroatoms. The molecule has 6 nitrogen and oxygen atoms in total. The van der Waals surface area contributed by atoms with Gasteiger partial charge in [-0.25, -0.2) is 0 Å². The zero-order chi connectivity index (χ0) is 21.1. The first-order valence-corrected chi connectivity index (χ1v) is 9.70. The summed E-state index contributed by atoms with van der Waals surface area (Å²) in [4.78, 5) is 18.6. The number of aryl methyl sites for hydroxylation is 2. The Morgan fingerprint density at radius 2 is 1.90 bits per heavy atom. The molecule has 0 aliphatic heterocycles. The molecule has 0 aliphatic rings. The molecule has 1 amide bonds. The highest BCUT2D eigenvalue weighted by Gasteiger charge is 2.22. The fourth-order valence-electron chi connectivity index (χ4n) is 2.99. The topological polar surface area (TPSA) is 68.5 Å². The average Bonchev–Trinajstić information content (AvgIpc) is 3.14. The molecule has 152 valence electrons. The van der Waals surface area contributed by atoms with E-state index in [0.717, 1.165) is 28.0 Å². The fraction of sp³-hybridized carbons (Fsp3) is 0.318. The van der Waals surface area contributed by atoms with Crippen LogP contribution in [0.3, 0.4) is 0 Å². The van der Waals surface area contributed by atoms with Gasteiger partial charge in [-0.2, -0.15) is 4.98 Å². The minimum absolute atomic E-state index is 0.171. The Bertz CT molecular complexity index is 1010. The third-order valence-corrected chi connectivity index (χ3v) is 4.99. The third kappa shape index (κ3) is 4.95. The summed E-state index contributed by atoms with van der Waals surface area (Å²) in [6.45, 7) is 7.96. The molecule has 1 aromatic heterocycles. The summed E-state index contributed by atoms with van der Waals surface area (Å²) >= 11 is 5.90. The molecule has 0 spiro atoms. The second-order valence-electron chi connectivity index (χ2n) is 7.18. The van der Waals surface area contributed by atoms with Gasteiger partial charge >= 0.3 is 0 Å². The number of aromatic nitrogens is 2. The van der Waals surface area contributed by atoms with Crippen molar-refractivity contribution in [3.63, 3.8) is 0 Å². The summed E-state index contributed by atoms with van der Waals surface area (Å²) in [6.07, 6.45) is -0.640. The molecule has 3 aromatic rings. The molecule has 0 bridgehead atoms. The number of nitrogens with zero attached hydrogens (tertiary/aromatic N) is 3. The average molecular weight is 414 g/mol. The highest BCUT2D eigenvalue weighted by atomic mass is 35.5. The van der Waals surface area contributed by atoms with Crippen molar-refractivity contribution in [1.29, 1.82) is 0 Å². The summed E-state index contributed by atoms with van der Waals surface area (Å²) < 4.78 is 11.2. The maximum absolute atomic E-state index is 12.7. The van der Waals surface area contributed by atoms with Crippen molar-refractivity contribution in [2.75, 3.05) is 7.05 Å². The molecule has 1 unspecified atom stereocenters. The SMILES string of the molecule is Cc1cc(C)c(C)c(OC(C)C(=O)N(C)Cc2nc(-c3ccc(Cl)cc3)no2)c1. The number of hydrogen-bond acceptors (Lipinski definition) is 5. The van der Waals surface area contributed by atoms with E-state index < -0.39 is 6.10 Å². The van der Waals surface area contributed by atoms with Crippen molar-refractivity contribution in [3.8, 4) is 17.1 Å². The monoisotopic (exact) mass is 413 g/mol. The maximum atomic E-state index is 12.7. The molecule has 29 heavy (non-hydrogen) atoms. The van der Waals surface area contributed by atoms with Crippen LogP contribution in [0.1, 0.15) is 29.5 Å². The van der Waals surface area contributed by atoms with Gasteiger partial charge in [0.1, 0.15) is 5.75 Å². The van der Waals surface area contributed by atoms with Crippen molar-refractivity contribution in [2.45, 2.75) is 40.3 Å². The van der Waals surface area contributed by atoms with Crippen LogP contribution in [0.2, 0.25) is 5.02 Å². The molecule has 0 fully saturated rings. The van der Waals surface area contributed by atoms with Crippen LogP contribution in [-0.2, 0) is 11.3 Å².